The number of benzene rings is 1. The molecule has 0 unspecified atom stereocenters. The lowest BCUT2D eigenvalue weighted by atomic mass is 10.2. The van der Waals surface area contributed by atoms with E-state index < -0.39 is 0 Å². The lowest BCUT2D eigenvalue weighted by Gasteiger charge is -2.09. The summed E-state index contributed by atoms with van der Waals surface area (Å²) in [5, 5.41) is 4.64. The van der Waals surface area contributed by atoms with Gasteiger partial charge in [-0.05, 0) is 24.6 Å². The maximum Gasteiger partial charge on any atom is 0.350 e. The molecule has 0 saturated carbocycles. The van der Waals surface area contributed by atoms with Crippen LogP contribution in [0.15, 0.2) is 52.8 Å². The van der Waals surface area contributed by atoms with Crippen LogP contribution >= 0.6 is 11.6 Å². The van der Waals surface area contributed by atoms with Gasteiger partial charge < -0.3 is 0 Å². The largest absolute Gasteiger partial charge is 0.350 e. The Balaban J connectivity index is 2.32. The quantitative estimate of drug-likeness (QED) is 0.692. The summed E-state index contributed by atoms with van der Waals surface area (Å²) in [5.41, 5.74) is 0.748. The fraction of sp³-hybridized carbons (Fsp3) is 0.133. The lowest BCUT2D eigenvalue weighted by Crippen LogP contribution is -2.24. The van der Waals surface area contributed by atoms with Crippen LogP contribution in [0.5, 0.6) is 0 Å². The summed E-state index contributed by atoms with van der Waals surface area (Å²) in [5.74, 6) is 0. The number of aromatic nitrogens is 4. The van der Waals surface area contributed by atoms with Crippen LogP contribution < -0.4 is 11.2 Å². The third kappa shape index (κ3) is 2.08. The predicted octanol–water partition coefficient (Wildman–Crippen LogP) is 1.79. The average Bonchev–Trinajstić information content (AvgIpc) is 2.81. The number of rotatable bonds is 3. The second-order valence-corrected chi connectivity index (χ2v) is 5.21. The molecule has 0 saturated heterocycles. The van der Waals surface area contributed by atoms with Crippen LogP contribution in [0, 0.1) is 6.92 Å². The summed E-state index contributed by atoms with van der Waals surface area (Å²) in [4.78, 5) is 24.7. The normalized spacial score (nSPS) is 11.0. The van der Waals surface area contributed by atoms with E-state index in [2.05, 4.69) is 11.7 Å². The molecule has 2 heterocycles. The van der Waals surface area contributed by atoms with Crippen molar-refractivity contribution in [3.05, 3.63) is 74.7 Å². The minimum atomic E-state index is -0.382. The number of nitrogens with zero attached hydrogens (tertiary/aromatic N) is 4. The SMILES string of the molecule is C=CCn1nc2c(=O)n(-c3cccc(Cl)c3C)ccn2c1=O. The maximum absolute atomic E-state index is 12.6. The van der Waals surface area contributed by atoms with E-state index in [1.54, 1.807) is 24.3 Å². The second-order valence-electron chi connectivity index (χ2n) is 4.80. The first-order chi connectivity index (χ1) is 10.5. The standard InChI is InChI=1S/C15H13ClN4O2/c1-3-7-20-15(22)19-9-8-18(14(21)13(19)17-20)12-6-4-5-11(16)10(12)2/h3-6,8-9H,1,7H2,2H3. The molecule has 0 bridgehead atoms. The molecule has 3 aromatic rings. The Hall–Kier alpha value is -2.60. The Morgan fingerprint density at radius 2 is 2.09 bits per heavy atom. The van der Waals surface area contributed by atoms with Crippen molar-refractivity contribution < 1.29 is 0 Å². The van der Waals surface area contributed by atoms with Crippen molar-refractivity contribution in [1.29, 1.82) is 0 Å². The van der Waals surface area contributed by atoms with E-state index >= 15 is 0 Å². The Labute approximate surface area is 130 Å². The fourth-order valence-electron chi connectivity index (χ4n) is 2.30. The third-order valence-electron chi connectivity index (χ3n) is 3.45. The van der Waals surface area contributed by atoms with E-state index in [1.807, 2.05) is 6.92 Å². The number of hydrogen-bond acceptors (Lipinski definition) is 3. The van der Waals surface area contributed by atoms with Gasteiger partial charge in [-0.2, -0.15) is 0 Å². The number of allylic oxidation sites excluding steroid dienone is 1. The van der Waals surface area contributed by atoms with Gasteiger partial charge in [0.2, 0.25) is 5.65 Å². The zero-order valence-corrected chi connectivity index (χ0v) is 12.6. The molecule has 112 valence electrons. The van der Waals surface area contributed by atoms with Crippen molar-refractivity contribution in [2.24, 2.45) is 0 Å². The van der Waals surface area contributed by atoms with E-state index in [-0.39, 0.29) is 23.4 Å². The second kappa shape index (κ2) is 5.31. The first-order valence-corrected chi connectivity index (χ1v) is 6.99. The minimum Gasteiger partial charge on any atom is -0.279 e. The fourth-order valence-corrected chi connectivity index (χ4v) is 2.47. The smallest absolute Gasteiger partial charge is 0.279 e. The van der Waals surface area contributed by atoms with Crippen LogP contribution in [-0.4, -0.2) is 18.7 Å². The van der Waals surface area contributed by atoms with Crippen molar-refractivity contribution in [3.8, 4) is 5.69 Å². The summed E-state index contributed by atoms with van der Waals surface area (Å²) in [6, 6.07) is 5.31. The molecule has 0 amide bonds. The van der Waals surface area contributed by atoms with E-state index in [0.29, 0.717) is 10.7 Å². The molecule has 22 heavy (non-hydrogen) atoms. The molecular weight excluding hydrogens is 304 g/mol. The third-order valence-corrected chi connectivity index (χ3v) is 3.86. The van der Waals surface area contributed by atoms with Crippen LogP contribution in [0.2, 0.25) is 5.02 Å². The van der Waals surface area contributed by atoms with Gasteiger partial charge in [0.05, 0.1) is 12.2 Å². The molecular formula is C15H13ClN4O2. The van der Waals surface area contributed by atoms with Crippen LogP contribution in [0.25, 0.3) is 11.3 Å². The highest BCUT2D eigenvalue weighted by Crippen LogP contribution is 2.20. The van der Waals surface area contributed by atoms with E-state index in [0.717, 1.165) is 5.56 Å². The molecule has 0 fully saturated rings. The number of hydrogen-bond donors (Lipinski definition) is 0. The Morgan fingerprint density at radius 1 is 1.32 bits per heavy atom. The highest BCUT2D eigenvalue weighted by atomic mass is 35.5. The van der Waals surface area contributed by atoms with Gasteiger partial charge in [-0.1, -0.05) is 23.7 Å². The van der Waals surface area contributed by atoms with Gasteiger partial charge in [-0.15, -0.1) is 11.7 Å². The van der Waals surface area contributed by atoms with Crippen LogP contribution in [-0.2, 0) is 6.54 Å². The molecule has 0 spiro atoms. The van der Waals surface area contributed by atoms with Crippen molar-refractivity contribution >= 4 is 17.2 Å². The molecule has 6 nitrogen and oxygen atoms in total. The number of fused-ring (bicyclic) bond motifs is 1. The van der Waals surface area contributed by atoms with Gasteiger partial charge in [0.1, 0.15) is 0 Å². The van der Waals surface area contributed by atoms with Gasteiger partial charge in [0.15, 0.2) is 0 Å². The summed E-state index contributed by atoms with van der Waals surface area (Å²) in [7, 11) is 0. The Kier molecular flexibility index (Phi) is 3.46. The van der Waals surface area contributed by atoms with Crippen LogP contribution in [0.4, 0.5) is 0 Å². The first kappa shape index (κ1) is 14.3. The van der Waals surface area contributed by atoms with Gasteiger partial charge in [0.25, 0.3) is 0 Å². The zero-order chi connectivity index (χ0) is 15.9. The van der Waals surface area contributed by atoms with Crippen molar-refractivity contribution in [3.63, 3.8) is 0 Å². The lowest BCUT2D eigenvalue weighted by molar-refractivity contribution is 0.673. The van der Waals surface area contributed by atoms with Gasteiger partial charge in [0, 0.05) is 17.4 Å². The average molecular weight is 317 g/mol. The molecule has 0 radical (unpaired) electrons. The van der Waals surface area contributed by atoms with Crippen molar-refractivity contribution in [2.75, 3.05) is 0 Å². The van der Waals surface area contributed by atoms with Crippen molar-refractivity contribution in [1.82, 2.24) is 18.7 Å². The minimum absolute atomic E-state index is 0.0636. The summed E-state index contributed by atoms with van der Waals surface area (Å²) < 4.78 is 3.85. The Bertz CT molecular complexity index is 997. The Morgan fingerprint density at radius 3 is 2.82 bits per heavy atom. The summed E-state index contributed by atoms with van der Waals surface area (Å²) >= 11 is 6.10. The highest BCUT2D eigenvalue weighted by Gasteiger charge is 2.13. The van der Waals surface area contributed by atoms with E-state index in [1.165, 1.54) is 26.0 Å². The maximum atomic E-state index is 12.6. The molecule has 7 heteroatoms. The molecule has 2 aromatic heterocycles. The predicted molar refractivity (Wildman–Crippen MR) is 85.0 cm³/mol. The monoisotopic (exact) mass is 316 g/mol. The molecule has 1 aromatic carbocycles. The molecule has 0 aliphatic rings. The molecule has 0 atom stereocenters. The molecule has 3 rings (SSSR count). The molecule has 0 N–H and O–H groups in total. The van der Waals surface area contributed by atoms with Crippen LogP contribution in [0.1, 0.15) is 5.56 Å². The van der Waals surface area contributed by atoms with Gasteiger partial charge >= 0.3 is 11.2 Å². The van der Waals surface area contributed by atoms with E-state index in [4.69, 9.17) is 11.6 Å². The van der Waals surface area contributed by atoms with Gasteiger partial charge in [-0.25, -0.2) is 13.9 Å². The van der Waals surface area contributed by atoms with E-state index in [9.17, 15) is 9.59 Å². The highest BCUT2D eigenvalue weighted by molar-refractivity contribution is 6.31. The topological polar surface area (TPSA) is 61.3 Å². The van der Waals surface area contributed by atoms with Crippen molar-refractivity contribution in [2.45, 2.75) is 13.5 Å². The summed E-state index contributed by atoms with van der Waals surface area (Å²) in [6.07, 6.45) is 4.61. The zero-order valence-electron chi connectivity index (χ0n) is 11.9. The van der Waals surface area contributed by atoms with Crippen LogP contribution in [0.3, 0.4) is 0 Å². The van der Waals surface area contributed by atoms with Gasteiger partial charge in [-0.3, -0.25) is 9.36 Å². The first-order valence-electron chi connectivity index (χ1n) is 6.62. The number of halogens is 1. The molecule has 0 aliphatic heterocycles. The molecule has 0 aliphatic carbocycles. The summed E-state index contributed by atoms with van der Waals surface area (Å²) in [6.45, 7) is 5.65.